The van der Waals surface area contributed by atoms with Gasteiger partial charge in [-0.05, 0) is 20.8 Å². The van der Waals surface area contributed by atoms with Crippen LogP contribution >= 0.6 is 0 Å². The van der Waals surface area contributed by atoms with Gasteiger partial charge in [0.25, 0.3) is 0 Å². The van der Waals surface area contributed by atoms with E-state index >= 15 is 0 Å². The molecule has 0 saturated heterocycles. The van der Waals surface area contributed by atoms with E-state index in [4.69, 9.17) is 9.63 Å². The summed E-state index contributed by atoms with van der Waals surface area (Å²) in [5, 5.41) is 14.8. The smallest absolute Gasteiger partial charge is 0.403 e. The second-order valence-electron chi connectivity index (χ2n) is 4.30. The average molecular weight is 280 g/mol. The van der Waals surface area contributed by atoms with Crippen molar-refractivity contribution in [2.45, 2.75) is 33.0 Å². The number of rotatable bonds is 5. The normalized spacial score (nSPS) is 15.3. The van der Waals surface area contributed by atoms with Crippen molar-refractivity contribution < 1.29 is 27.6 Å². The number of aryl methyl sites for hydroxylation is 2. The first-order chi connectivity index (χ1) is 8.64. The first kappa shape index (κ1) is 15.5. The van der Waals surface area contributed by atoms with Gasteiger partial charge in [0.2, 0.25) is 0 Å². The molecule has 1 heterocycles. The molecule has 0 spiro atoms. The molecule has 1 aromatic heterocycles. The van der Waals surface area contributed by atoms with Crippen LogP contribution in [-0.2, 0) is 4.79 Å². The quantitative estimate of drug-likeness (QED) is 0.864. The van der Waals surface area contributed by atoms with Crippen molar-refractivity contribution in [3.8, 4) is 0 Å². The number of carbonyl (C=O) groups is 1. The Labute approximate surface area is 107 Å². The molecular formula is C11H15F3N2O3. The lowest BCUT2D eigenvalue weighted by atomic mass is 10.0. The van der Waals surface area contributed by atoms with Crippen LogP contribution in [0.3, 0.4) is 0 Å². The Morgan fingerprint density at radius 1 is 1.47 bits per heavy atom. The van der Waals surface area contributed by atoms with Gasteiger partial charge in [-0.2, -0.15) is 13.2 Å². The molecule has 0 bridgehead atoms. The predicted molar refractivity (Wildman–Crippen MR) is 59.6 cm³/mol. The van der Waals surface area contributed by atoms with Crippen molar-refractivity contribution >= 4 is 5.97 Å². The fraction of sp³-hybridized carbons (Fsp3) is 0.636. The summed E-state index contributed by atoms with van der Waals surface area (Å²) < 4.78 is 42.3. The number of alkyl halides is 3. The minimum absolute atomic E-state index is 0.476. The number of aliphatic carboxylic acids is 1. The standard InChI is InChI=1S/C11H15F3N2O3/c1-5(9-6(2)16-19-7(9)3)15-4-8(10(17)18)11(12,13)14/h5,8,15H,4H2,1-3H3,(H,17,18). The van der Waals surface area contributed by atoms with Gasteiger partial charge >= 0.3 is 12.1 Å². The lowest BCUT2D eigenvalue weighted by Crippen LogP contribution is -2.39. The van der Waals surface area contributed by atoms with Gasteiger partial charge in [-0.1, -0.05) is 5.16 Å². The maximum Gasteiger partial charge on any atom is 0.403 e. The number of carboxylic acids is 1. The van der Waals surface area contributed by atoms with E-state index in [0.29, 0.717) is 17.0 Å². The highest BCUT2D eigenvalue weighted by molar-refractivity contribution is 5.71. The van der Waals surface area contributed by atoms with Crippen molar-refractivity contribution in [1.29, 1.82) is 0 Å². The van der Waals surface area contributed by atoms with E-state index in [1.807, 2.05) is 0 Å². The summed E-state index contributed by atoms with van der Waals surface area (Å²) in [7, 11) is 0. The third-order valence-corrected chi connectivity index (χ3v) is 2.84. The molecule has 0 amide bonds. The Kier molecular flexibility index (Phi) is 4.56. The number of aromatic nitrogens is 1. The predicted octanol–water partition coefficient (Wildman–Crippen LogP) is 2.21. The maximum absolute atomic E-state index is 12.5. The fourth-order valence-electron chi connectivity index (χ4n) is 1.85. The molecule has 2 atom stereocenters. The molecule has 0 aliphatic rings. The Bertz CT molecular complexity index is 437. The maximum atomic E-state index is 12.5. The molecule has 0 radical (unpaired) electrons. The summed E-state index contributed by atoms with van der Waals surface area (Å²) in [6.45, 7) is 4.24. The Morgan fingerprint density at radius 2 is 2.05 bits per heavy atom. The molecule has 2 N–H and O–H groups in total. The number of hydrogen-bond donors (Lipinski definition) is 2. The van der Waals surface area contributed by atoms with Crippen molar-refractivity contribution in [3.05, 3.63) is 17.0 Å². The van der Waals surface area contributed by atoms with E-state index < -0.39 is 30.7 Å². The number of hydrogen-bond acceptors (Lipinski definition) is 4. The van der Waals surface area contributed by atoms with E-state index in [1.165, 1.54) is 0 Å². The lowest BCUT2D eigenvalue weighted by Gasteiger charge is -2.20. The Balaban J connectivity index is 2.73. The van der Waals surface area contributed by atoms with Crippen LogP contribution in [0.1, 0.15) is 30.0 Å². The summed E-state index contributed by atoms with van der Waals surface area (Å²) in [5.74, 6) is -3.84. The zero-order chi connectivity index (χ0) is 14.8. The van der Waals surface area contributed by atoms with E-state index in [-0.39, 0.29) is 0 Å². The molecule has 0 aromatic carbocycles. The summed E-state index contributed by atoms with van der Waals surface area (Å²) in [4.78, 5) is 10.6. The summed E-state index contributed by atoms with van der Waals surface area (Å²) >= 11 is 0. The second kappa shape index (κ2) is 5.60. The highest BCUT2D eigenvalue weighted by Gasteiger charge is 2.45. The lowest BCUT2D eigenvalue weighted by molar-refractivity contribution is -0.192. The van der Waals surface area contributed by atoms with Gasteiger partial charge in [0, 0.05) is 18.2 Å². The van der Waals surface area contributed by atoms with Crippen molar-refractivity contribution in [2.24, 2.45) is 5.92 Å². The van der Waals surface area contributed by atoms with Crippen LogP contribution in [-0.4, -0.2) is 29.0 Å². The summed E-state index contributed by atoms with van der Waals surface area (Å²) in [6, 6.07) is -0.476. The van der Waals surface area contributed by atoms with Gasteiger partial charge in [-0.15, -0.1) is 0 Å². The molecule has 2 unspecified atom stereocenters. The third-order valence-electron chi connectivity index (χ3n) is 2.84. The molecule has 108 valence electrons. The summed E-state index contributed by atoms with van der Waals surface area (Å²) in [6.07, 6.45) is -4.78. The Hall–Kier alpha value is -1.57. The molecule has 19 heavy (non-hydrogen) atoms. The minimum atomic E-state index is -4.78. The van der Waals surface area contributed by atoms with Crippen molar-refractivity contribution in [3.63, 3.8) is 0 Å². The minimum Gasteiger partial charge on any atom is -0.481 e. The fourth-order valence-corrected chi connectivity index (χ4v) is 1.85. The second-order valence-corrected chi connectivity index (χ2v) is 4.30. The van der Waals surface area contributed by atoms with E-state index in [9.17, 15) is 18.0 Å². The molecule has 0 aliphatic heterocycles. The number of carboxylic acid groups (broad SMARTS) is 1. The average Bonchev–Trinajstić information content (AvgIpc) is 2.56. The number of nitrogens with one attached hydrogen (secondary N) is 1. The molecule has 8 heteroatoms. The van der Waals surface area contributed by atoms with Gasteiger partial charge in [-0.3, -0.25) is 4.79 Å². The molecule has 0 fully saturated rings. The highest BCUT2D eigenvalue weighted by atomic mass is 19.4. The molecule has 1 aromatic rings. The third kappa shape index (κ3) is 3.69. The van der Waals surface area contributed by atoms with Crippen LogP contribution in [0.25, 0.3) is 0 Å². The summed E-state index contributed by atoms with van der Waals surface area (Å²) in [5.41, 5.74) is 1.21. The van der Waals surface area contributed by atoms with Gasteiger partial charge < -0.3 is 14.9 Å². The van der Waals surface area contributed by atoms with Crippen LogP contribution in [0.4, 0.5) is 13.2 Å². The monoisotopic (exact) mass is 280 g/mol. The topological polar surface area (TPSA) is 75.4 Å². The van der Waals surface area contributed by atoms with Crippen LogP contribution in [0.15, 0.2) is 4.52 Å². The van der Waals surface area contributed by atoms with Crippen LogP contribution in [0, 0.1) is 19.8 Å². The van der Waals surface area contributed by atoms with E-state index in [2.05, 4.69) is 10.5 Å². The van der Waals surface area contributed by atoms with Crippen LogP contribution < -0.4 is 5.32 Å². The molecule has 0 aliphatic carbocycles. The van der Waals surface area contributed by atoms with Crippen molar-refractivity contribution in [1.82, 2.24) is 10.5 Å². The zero-order valence-corrected chi connectivity index (χ0v) is 10.7. The van der Waals surface area contributed by atoms with Crippen molar-refractivity contribution in [2.75, 3.05) is 6.54 Å². The van der Waals surface area contributed by atoms with Gasteiger partial charge in [0.1, 0.15) is 5.76 Å². The number of halogens is 3. The zero-order valence-electron chi connectivity index (χ0n) is 10.7. The van der Waals surface area contributed by atoms with Gasteiger partial charge in [0.15, 0.2) is 5.92 Å². The molecular weight excluding hydrogens is 265 g/mol. The van der Waals surface area contributed by atoms with E-state index in [1.54, 1.807) is 20.8 Å². The SMILES string of the molecule is Cc1noc(C)c1C(C)NCC(C(=O)O)C(F)(F)F. The first-order valence-electron chi connectivity index (χ1n) is 5.60. The van der Waals surface area contributed by atoms with Gasteiger partial charge in [-0.25, -0.2) is 0 Å². The highest BCUT2D eigenvalue weighted by Crippen LogP contribution is 2.27. The van der Waals surface area contributed by atoms with Crippen LogP contribution in [0.5, 0.6) is 0 Å². The largest absolute Gasteiger partial charge is 0.481 e. The number of nitrogens with zero attached hydrogens (tertiary/aromatic N) is 1. The first-order valence-corrected chi connectivity index (χ1v) is 5.60. The Morgan fingerprint density at radius 3 is 2.42 bits per heavy atom. The molecule has 0 saturated carbocycles. The van der Waals surface area contributed by atoms with Crippen LogP contribution in [0.2, 0.25) is 0 Å². The van der Waals surface area contributed by atoms with E-state index in [0.717, 1.165) is 0 Å². The van der Waals surface area contributed by atoms with Gasteiger partial charge in [0.05, 0.1) is 5.69 Å². The molecule has 1 rings (SSSR count). The molecule has 5 nitrogen and oxygen atoms in total.